The Balaban J connectivity index is 1.83. The molecule has 8 heteroatoms. The highest BCUT2D eigenvalue weighted by molar-refractivity contribution is 7.10. The summed E-state index contributed by atoms with van der Waals surface area (Å²) >= 11 is 2.78. The molecule has 0 saturated carbocycles. The summed E-state index contributed by atoms with van der Waals surface area (Å²) in [6.07, 6.45) is 5.47. The molecule has 0 N–H and O–H groups in total. The first kappa shape index (κ1) is 21.0. The molecule has 0 aliphatic carbocycles. The van der Waals surface area contributed by atoms with E-state index in [0.29, 0.717) is 20.6 Å². The van der Waals surface area contributed by atoms with Crippen LogP contribution in [-0.2, 0) is 9.53 Å². The van der Waals surface area contributed by atoms with E-state index < -0.39 is 12.0 Å². The molecule has 0 saturated heterocycles. The third kappa shape index (κ3) is 3.92. The lowest BCUT2D eigenvalue weighted by Crippen LogP contribution is -2.39. The van der Waals surface area contributed by atoms with Crippen LogP contribution in [0.4, 0.5) is 0 Å². The van der Waals surface area contributed by atoms with Crippen LogP contribution < -0.4 is 19.6 Å². The lowest BCUT2D eigenvalue weighted by Gasteiger charge is -2.22. The molecule has 0 spiro atoms. The zero-order valence-corrected chi connectivity index (χ0v) is 18.8. The molecule has 1 atom stereocenters. The smallest absolute Gasteiger partial charge is 0.338 e. The third-order valence-corrected chi connectivity index (χ3v) is 6.83. The predicted molar refractivity (Wildman–Crippen MR) is 123 cm³/mol. The van der Waals surface area contributed by atoms with Crippen LogP contribution in [0.5, 0.6) is 5.75 Å². The topological polar surface area (TPSA) is 69.9 Å². The predicted octanol–water partition coefficient (Wildman–Crippen LogP) is 3.14. The maximum atomic E-state index is 13.3. The van der Waals surface area contributed by atoms with Gasteiger partial charge in [-0.15, -0.1) is 11.3 Å². The van der Waals surface area contributed by atoms with Gasteiger partial charge in [0.2, 0.25) is 0 Å². The van der Waals surface area contributed by atoms with Gasteiger partial charge >= 0.3 is 5.97 Å². The average molecular weight is 453 g/mol. The van der Waals surface area contributed by atoms with Crippen molar-refractivity contribution in [3.05, 3.63) is 89.3 Å². The van der Waals surface area contributed by atoms with Gasteiger partial charge in [-0.2, -0.15) is 0 Å². The summed E-state index contributed by atoms with van der Waals surface area (Å²) in [5, 5.41) is 1.92. The molecular weight excluding hydrogens is 432 g/mol. The second-order valence-corrected chi connectivity index (χ2v) is 8.70. The number of benzene rings is 1. The molecule has 0 radical (unpaired) electrons. The monoisotopic (exact) mass is 452 g/mol. The standard InChI is InChI=1S/C23H20N2O4S2/c1-14-19(22(27)29-3)20(17-12-7-13-30-17)25-21(26)18(31-23(25)24-14)11-6-9-15-8-4-5-10-16(15)28-2/h4-13,20H,1-3H3/b9-6+,18-11-/t20-/m0/s1. The van der Waals surface area contributed by atoms with E-state index in [1.807, 2.05) is 53.9 Å². The number of fused-ring (bicyclic) bond motifs is 1. The number of hydrogen-bond donors (Lipinski definition) is 0. The molecule has 3 heterocycles. The van der Waals surface area contributed by atoms with Crippen molar-refractivity contribution in [2.75, 3.05) is 14.2 Å². The molecule has 158 valence electrons. The number of thiophene rings is 1. The Morgan fingerprint density at radius 2 is 2.00 bits per heavy atom. The number of ether oxygens (including phenoxy) is 2. The summed E-state index contributed by atoms with van der Waals surface area (Å²) < 4.78 is 12.5. The van der Waals surface area contributed by atoms with Crippen LogP contribution in [0, 0.1) is 0 Å². The second-order valence-electron chi connectivity index (χ2n) is 6.71. The lowest BCUT2D eigenvalue weighted by atomic mass is 10.0. The zero-order chi connectivity index (χ0) is 22.0. The number of methoxy groups -OCH3 is 2. The minimum absolute atomic E-state index is 0.194. The number of aromatic nitrogens is 1. The number of thiazole rings is 1. The first-order chi connectivity index (χ1) is 15.0. The molecule has 1 aromatic carbocycles. The number of carbonyl (C=O) groups is 1. The lowest BCUT2D eigenvalue weighted by molar-refractivity contribution is -0.136. The quantitative estimate of drug-likeness (QED) is 0.558. The van der Waals surface area contributed by atoms with Crippen LogP contribution >= 0.6 is 22.7 Å². The molecule has 0 bridgehead atoms. The molecule has 0 unspecified atom stereocenters. The fourth-order valence-electron chi connectivity index (χ4n) is 3.47. The van der Waals surface area contributed by atoms with E-state index in [4.69, 9.17) is 9.47 Å². The van der Waals surface area contributed by atoms with Crippen molar-refractivity contribution in [2.45, 2.75) is 13.0 Å². The molecule has 3 aromatic rings. The molecule has 31 heavy (non-hydrogen) atoms. The van der Waals surface area contributed by atoms with E-state index in [0.717, 1.165) is 16.2 Å². The van der Waals surface area contributed by atoms with Crippen LogP contribution in [0.2, 0.25) is 0 Å². The van der Waals surface area contributed by atoms with Gasteiger partial charge in [-0.1, -0.05) is 47.8 Å². The van der Waals surface area contributed by atoms with Crippen molar-refractivity contribution in [1.29, 1.82) is 0 Å². The van der Waals surface area contributed by atoms with Gasteiger partial charge in [0.05, 0.1) is 30.0 Å². The molecule has 1 aliphatic heterocycles. The number of carbonyl (C=O) groups excluding carboxylic acids is 1. The first-order valence-corrected chi connectivity index (χ1v) is 11.2. The van der Waals surface area contributed by atoms with E-state index in [-0.39, 0.29) is 5.56 Å². The molecule has 0 fully saturated rings. The largest absolute Gasteiger partial charge is 0.496 e. The van der Waals surface area contributed by atoms with E-state index in [9.17, 15) is 9.59 Å². The summed E-state index contributed by atoms with van der Waals surface area (Å²) in [4.78, 5) is 31.8. The summed E-state index contributed by atoms with van der Waals surface area (Å²) in [5.74, 6) is 0.273. The fourth-order valence-corrected chi connectivity index (χ4v) is 5.29. The summed E-state index contributed by atoms with van der Waals surface area (Å²) in [7, 11) is 2.96. The highest BCUT2D eigenvalue weighted by Gasteiger charge is 2.33. The van der Waals surface area contributed by atoms with Crippen LogP contribution in [0.25, 0.3) is 12.2 Å². The third-order valence-electron chi connectivity index (χ3n) is 4.90. The highest BCUT2D eigenvalue weighted by Crippen LogP contribution is 2.32. The number of esters is 1. The summed E-state index contributed by atoms with van der Waals surface area (Å²) in [6, 6.07) is 10.9. The van der Waals surface area contributed by atoms with Gasteiger partial charge in [-0.25, -0.2) is 9.79 Å². The molecular formula is C23H20N2O4S2. The van der Waals surface area contributed by atoms with E-state index in [1.165, 1.54) is 29.8 Å². The van der Waals surface area contributed by atoms with Gasteiger partial charge in [-0.05, 0) is 30.5 Å². The van der Waals surface area contributed by atoms with Gasteiger partial charge < -0.3 is 9.47 Å². The van der Waals surface area contributed by atoms with Crippen LogP contribution in [0.3, 0.4) is 0 Å². The van der Waals surface area contributed by atoms with E-state index in [1.54, 1.807) is 24.7 Å². The Kier molecular flexibility index (Phi) is 6.01. The Bertz CT molecular complexity index is 1360. The SMILES string of the molecule is COC(=O)C1=C(C)N=c2s/c(=C\C=C\c3ccccc3OC)c(=O)n2[C@H]1c1cccs1. The Morgan fingerprint density at radius 1 is 1.19 bits per heavy atom. The number of hydrogen-bond acceptors (Lipinski definition) is 7. The Labute approximate surface area is 186 Å². The maximum absolute atomic E-state index is 13.3. The Hall–Kier alpha value is -3.23. The van der Waals surface area contributed by atoms with Gasteiger partial charge in [0, 0.05) is 10.4 Å². The molecule has 4 rings (SSSR count). The van der Waals surface area contributed by atoms with E-state index in [2.05, 4.69) is 4.99 Å². The minimum atomic E-state index is -0.552. The maximum Gasteiger partial charge on any atom is 0.338 e. The van der Waals surface area contributed by atoms with Crippen molar-refractivity contribution in [1.82, 2.24) is 4.57 Å². The summed E-state index contributed by atoms with van der Waals surface area (Å²) in [5.41, 5.74) is 1.66. The number of nitrogens with zero attached hydrogens (tertiary/aromatic N) is 2. The molecule has 2 aromatic heterocycles. The average Bonchev–Trinajstić information content (AvgIpc) is 3.41. The number of allylic oxidation sites excluding steroid dienone is 2. The molecule has 6 nitrogen and oxygen atoms in total. The fraction of sp³-hybridized carbons (Fsp3) is 0.174. The van der Waals surface area contributed by atoms with Crippen LogP contribution in [0.15, 0.2) is 68.9 Å². The van der Waals surface area contributed by atoms with Crippen LogP contribution in [-0.4, -0.2) is 24.8 Å². The van der Waals surface area contributed by atoms with Crippen molar-refractivity contribution in [3.8, 4) is 5.75 Å². The zero-order valence-electron chi connectivity index (χ0n) is 17.2. The highest BCUT2D eigenvalue weighted by atomic mass is 32.1. The van der Waals surface area contributed by atoms with Gasteiger partial charge in [0.15, 0.2) is 4.80 Å². The summed E-state index contributed by atoms with van der Waals surface area (Å²) in [6.45, 7) is 1.77. The van der Waals surface area contributed by atoms with Gasteiger partial charge in [0.1, 0.15) is 11.8 Å². The van der Waals surface area contributed by atoms with Crippen LogP contribution in [0.1, 0.15) is 23.4 Å². The molecule has 0 amide bonds. The Morgan fingerprint density at radius 3 is 2.71 bits per heavy atom. The number of para-hydroxylation sites is 1. The minimum Gasteiger partial charge on any atom is -0.496 e. The molecule has 1 aliphatic rings. The number of rotatable bonds is 5. The second kappa shape index (κ2) is 8.87. The van der Waals surface area contributed by atoms with E-state index >= 15 is 0 Å². The van der Waals surface area contributed by atoms with Gasteiger partial charge in [-0.3, -0.25) is 9.36 Å². The first-order valence-electron chi connectivity index (χ1n) is 9.49. The normalized spacial score (nSPS) is 16.4. The van der Waals surface area contributed by atoms with Crippen molar-refractivity contribution in [3.63, 3.8) is 0 Å². The van der Waals surface area contributed by atoms with Crippen molar-refractivity contribution >= 4 is 40.8 Å². The van der Waals surface area contributed by atoms with Gasteiger partial charge in [0.25, 0.3) is 5.56 Å². The van der Waals surface area contributed by atoms with Crippen molar-refractivity contribution in [2.24, 2.45) is 4.99 Å². The van der Waals surface area contributed by atoms with Crippen molar-refractivity contribution < 1.29 is 14.3 Å².